The van der Waals surface area contributed by atoms with Gasteiger partial charge in [0.1, 0.15) is 5.60 Å². The van der Waals surface area contributed by atoms with Gasteiger partial charge >= 0.3 is 5.97 Å². The second-order valence-electron chi connectivity index (χ2n) is 6.11. The SMILES string of the molecule is CC(C)(C)OC(=O)[C@H]1CN(Cc2ccccc2)CCO1. The van der Waals surface area contributed by atoms with Gasteiger partial charge in [-0.15, -0.1) is 0 Å². The second-order valence-corrected chi connectivity index (χ2v) is 6.11. The molecular formula is C16H23NO3. The van der Waals surface area contributed by atoms with Crippen LogP contribution in [0.2, 0.25) is 0 Å². The molecule has 0 amide bonds. The number of hydrogen-bond acceptors (Lipinski definition) is 4. The molecule has 1 aromatic carbocycles. The molecule has 0 spiro atoms. The van der Waals surface area contributed by atoms with Gasteiger partial charge in [-0.05, 0) is 26.3 Å². The summed E-state index contributed by atoms with van der Waals surface area (Å²) in [6, 6.07) is 10.3. The first-order chi connectivity index (χ1) is 9.44. The molecule has 0 saturated carbocycles. The quantitative estimate of drug-likeness (QED) is 0.794. The molecule has 1 atom stereocenters. The van der Waals surface area contributed by atoms with Crippen LogP contribution < -0.4 is 0 Å². The van der Waals surface area contributed by atoms with E-state index in [1.165, 1.54) is 5.56 Å². The van der Waals surface area contributed by atoms with Gasteiger partial charge in [0, 0.05) is 19.6 Å². The minimum absolute atomic E-state index is 0.268. The van der Waals surface area contributed by atoms with Crippen LogP contribution in [0.3, 0.4) is 0 Å². The van der Waals surface area contributed by atoms with Crippen molar-refractivity contribution >= 4 is 5.97 Å². The molecular weight excluding hydrogens is 254 g/mol. The number of hydrogen-bond donors (Lipinski definition) is 0. The summed E-state index contributed by atoms with van der Waals surface area (Å²) in [5, 5.41) is 0. The number of carbonyl (C=O) groups excluding carboxylic acids is 1. The first kappa shape index (κ1) is 15.0. The van der Waals surface area contributed by atoms with E-state index >= 15 is 0 Å². The maximum atomic E-state index is 12.0. The van der Waals surface area contributed by atoms with E-state index in [-0.39, 0.29) is 5.97 Å². The fourth-order valence-electron chi connectivity index (χ4n) is 2.20. The van der Waals surface area contributed by atoms with Crippen LogP contribution in [0.1, 0.15) is 26.3 Å². The third kappa shape index (κ3) is 4.62. The molecule has 0 radical (unpaired) electrons. The van der Waals surface area contributed by atoms with Gasteiger partial charge in [0.15, 0.2) is 6.10 Å². The van der Waals surface area contributed by atoms with E-state index in [9.17, 15) is 4.79 Å². The van der Waals surface area contributed by atoms with Crippen LogP contribution in [0.15, 0.2) is 30.3 Å². The normalized spacial score (nSPS) is 20.6. The molecule has 2 rings (SSSR count). The van der Waals surface area contributed by atoms with Crippen molar-refractivity contribution in [2.24, 2.45) is 0 Å². The first-order valence-electron chi connectivity index (χ1n) is 7.05. The molecule has 110 valence electrons. The van der Waals surface area contributed by atoms with Crippen molar-refractivity contribution in [3.63, 3.8) is 0 Å². The molecule has 0 aromatic heterocycles. The Bertz CT molecular complexity index is 439. The van der Waals surface area contributed by atoms with Gasteiger partial charge in [0.25, 0.3) is 0 Å². The minimum Gasteiger partial charge on any atom is -0.458 e. The van der Waals surface area contributed by atoms with Crippen molar-refractivity contribution < 1.29 is 14.3 Å². The van der Waals surface area contributed by atoms with Crippen LogP contribution in [0.25, 0.3) is 0 Å². The molecule has 1 aliphatic heterocycles. The molecule has 1 aliphatic rings. The second kappa shape index (κ2) is 6.37. The molecule has 0 unspecified atom stereocenters. The minimum atomic E-state index is -0.480. The summed E-state index contributed by atoms with van der Waals surface area (Å²) in [5.74, 6) is -0.268. The maximum absolute atomic E-state index is 12.0. The van der Waals surface area contributed by atoms with Gasteiger partial charge in [-0.2, -0.15) is 0 Å². The van der Waals surface area contributed by atoms with Crippen LogP contribution in [0.5, 0.6) is 0 Å². The number of nitrogens with zero attached hydrogens (tertiary/aromatic N) is 1. The fourth-order valence-corrected chi connectivity index (χ4v) is 2.20. The van der Waals surface area contributed by atoms with Crippen molar-refractivity contribution in [1.82, 2.24) is 4.90 Å². The number of rotatable bonds is 3. The Kier molecular flexibility index (Phi) is 4.78. The van der Waals surface area contributed by atoms with Crippen LogP contribution in [-0.2, 0) is 20.8 Å². The standard InChI is InChI=1S/C16H23NO3/c1-16(2,3)20-15(18)14-12-17(9-10-19-14)11-13-7-5-4-6-8-13/h4-8,14H,9-12H2,1-3H3/t14-/m1/s1. The smallest absolute Gasteiger partial charge is 0.337 e. The van der Waals surface area contributed by atoms with Crippen LogP contribution in [0.4, 0.5) is 0 Å². The molecule has 0 bridgehead atoms. The molecule has 1 aromatic rings. The van der Waals surface area contributed by atoms with Crippen molar-refractivity contribution in [3.8, 4) is 0 Å². The van der Waals surface area contributed by atoms with Crippen LogP contribution >= 0.6 is 0 Å². The lowest BCUT2D eigenvalue weighted by Gasteiger charge is -2.33. The number of morpholine rings is 1. The third-order valence-corrected chi connectivity index (χ3v) is 3.07. The average molecular weight is 277 g/mol. The summed E-state index contributed by atoms with van der Waals surface area (Å²) in [7, 11) is 0. The van der Waals surface area contributed by atoms with Crippen molar-refractivity contribution in [1.29, 1.82) is 0 Å². The highest BCUT2D eigenvalue weighted by atomic mass is 16.6. The van der Waals surface area contributed by atoms with Gasteiger partial charge in [-0.25, -0.2) is 4.79 Å². The van der Waals surface area contributed by atoms with Gasteiger partial charge in [-0.3, -0.25) is 4.90 Å². The van der Waals surface area contributed by atoms with Crippen LogP contribution in [0, 0.1) is 0 Å². The molecule has 1 fully saturated rings. The lowest BCUT2D eigenvalue weighted by atomic mass is 10.1. The Labute approximate surface area is 120 Å². The summed E-state index contributed by atoms with van der Waals surface area (Å²) in [4.78, 5) is 14.3. The van der Waals surface area contributed by atoms with Gasteiger partial charge in [0.2, 0.25) is 0 Å². The Balaban J connectivity index is 1.90. The van der Waals surface area contributed by atoms with E-state index in [1.807, 2.05) is 39.0 Å². The van der Waals surface area contributed by atoms with Gasteiger partial charge < -0.3 is 9.47 Å². The molecule has 1 saturated heterocycles. The summed E-state index contributed by atoms with van der Waals surface area (Å²) in [5.41, 5.74) is 0.777. The molecule has 20 heavy (non-hydrogen) atoms. The number of esters is 1. The summed E-state index contributed by atoms with van der Waals surface area (Å²) < 4.78 is 10.9. The van der Waals surface area contributed by atoms with E-state index in [4.69, 9.17) is 9.47 Å². The summed E-state index contributed by atoms with van der Waals surface area (Å²) in [6.45, 7) is 8.44. The Morgan fingerprint density at radius 2 is 2.05 bits per heavy atom. The molecule has 1 heterocycles. The van der Waals surface area contributed by atoms with Crippen molar-refractivity contribution in [3.05, 3.63) is 35.9 Å². The van der Waals surface area contributed by atoms with Gasteiger partial charge in [0.05, 0.1) is 6.61 Å². The van der Waals surface area contributed by atoms with E-state index in [0.717, 1.165) is 13.1 Å². The monoisotopic (exact) mass is 277 g/mol. The first-order valence-corrected chi connectivity index (χ1v) is 7.05. The Morgan fingerprint density at radius 3 is 2.70 bits per heavy atom. The number of ether oxygens (including phenoxy) is 2. The molecule has 4 nitrogen and oxygen atoms in total. The zero-order chi connectivity index (χ0) is 14.6. The van der Waals surface area contributed by atoms with Crippen LogP contribution in [-0.4, -0.2) is 42.3 Å². The largest absolute Gasteiger partial charge is 0.458 e. The van der Waals surface area contributed by atoms with E-state index in [2.05, 4.69) is 17.0 Å². The Morgan fingerprint density at radius 1 is 1.35 bits per heavy atom. The maximum Gasteiger partial charge on any atom is 0.337 e. The average Bonchev–Trinajstić information content (AvgIpc) is 2.38. The highest BCUT2D eigenvalue weighted by Gasteiger charge is 2.30. The number of carbonyl (C=O) groups is 1. The highest BCUT2D eigenvalue weighted by molar-refractivity contribution is 5.75. The topological polar surface area (TPSA) is 38.8 Å². The van der Waals surface area contributed by atoms with Crippen molar-refractivity contribution in [2.45, 2.75) is 39.0 Å². The van der Waals surface area contributed by atoms with E-state index < -0.39 is 11.7 Å². The predicted molar refractivity (Wildman–Crippen MR) is 77.3 cm³/mol. The number of benzene rings is 1. The lowest BCUT2D eigenvalue weighted by molar-refractivity contribution is -0.174. The molecule has 0 N–H and O–H groups in total. The fraction of sp³-hybridized carbons (Fsp3) is 0.562. The van der Waals surface area contributed by atoms with E-state index in [0.29, 0.717) is 13.2 Å². The summed E-state index contributed by atoms with van der Waals surface area (Å²) in [6.07, 6.45) is -0.480. The zero-order valence-corrected chi connectivity index (χ0v) is 12.5. The summed E-state index contributed by atoms with van der Waals surface area (Å²) >= 11 is 0. The molecule has 4 heteroatoms. The van der Waals surface area contributed by atoms with E-state index in [1.54, 1.807) is 0 Å². The lowest BCUT2D eigenvalue weighted by Crippen LogP contribution is -2.47. The Hall–Kier alpha value is -1.39. The van der Waals surface area contributed by atoms with Gasteiger partial charge in [-0.1, -0.05) is 30.3 Å². The predicted octanol–water partition coefficient (Wildman–Crippen LogP) is 2.23. The highest BCUT2D eigenvalue weighted by Crippen LogP contribution is 2.15. The zero-order valence-electron chi connectivity index (χ0n) is 12.5. The molecule has 0 aliphatic carbocycles. The third-order valence-electron chi connectivity index (χ3n) is 3.07. The van der Waals surface area contributed by atoms with Crippen molar-refractivity contribution in [2.75, 3.05) is 19.7 Å².